The molecular formula is C10H21NO4. The summed E-state index contributed by atoms with van der Waals surface area (Å²) < 4.78 is 4.18. The van der Waals surface area contributed by atoms with Crippen molar-refractivity contribution in [2.45, 2.75) is 34.1 Å². The second-order valence-electron chi connectivity index (χ2n) is 2.54. The summed E-state index contributed by atoms with van der Waals surface area (Å²) in [6.45, 7) is 10.9. The number of ether oxygens (including phenoxy) is 1. The monoisotopic (exact) mass is 219 g/mol. The van der Waals surface area contributed by atoms with E-state index >= 15 is 0 Å². The predicted molar refractivity (Wildman–Crippen MR) is 59.6 cm³/mol. The highest BCUT2D eigenvalue weighted by Gasteiger charge is 1.90. The van der Waals surface area contributed by atoms with Crippen LogP contribution in [0.15, 0.2) is 12.2 Å². The Morgan fingerprint density at radius 1 is 1.33 bits per heavy atom. The zero-order valence-corrected chi connectivity index (χ0v) is 9.87. The topological polar surface area (TPSA) is 89.6 Å². The molecule has 90 valence electrons. The fourth-order valence-electron chi connectivity index (χ4n) is 0.142. The molecule has 0 radical (unpaired) electrons. The van der Waals surface area contributed by atoms with Gasteiger partial charge < -0.3 is 15.6 Å². The molecule has 0 heterocycles. The molecule has 0 aromatic rings. The lowest BCUT2D eigenvalue weighted by molar-refractivity contribution is -0.132. The highest BCUT2D eigenvalue weighted by Crippen LogP contribution is 1.81. The Bertz CT molecular complexity index is 178. The summed E-state index contributed by atoms with van der Waals surface area (Å²) in [7, 11) is 0. The molecule has 5 heteroatoms. The van der Waals surface area contributed by atoms with Crippen LogP contribution in [0.5, 0.6) is 0 Å². The molecular weight excluding hydrogens is 198 g/mol. The van der Waals surface area contributed by atoms with E-state index in [1.165, 1.54) is 13.3 Å². The van der Waals surface area contributed by atoms with Gasteiger partial charge in [-0.25, -0.2) is 9.59 Å². The van der Waals surface area contributed by atoms with Gasteiger partial charge in [-0.3, -0.25) is 0 Å². The van der Waals surface area contributed by atoms with Crippen LogP contribution < -0.4 is 5.73 Å². The molecule has 0 spiro atoms. The van der Waals surface area contributed by atoms with E-state index in [4.69, 9.17) is 5.11 Å². The molecule has 0 unspecified atom stereocenters. The molecule has 0 aliphatic carbocycles. The first kappa shape index (κ1) is 19.1. The number of hydrogen-bond acceptors (Lipinski definition) is 3. The van der Waals surface area contributed by atoms with Gasteiger partial charge in [0.25, 0.3) is 0 Å². The number of amides is 1. The second kappa shape index (κ2) is 15.0. The average Bonchev–Trinajstić information content (AvgIpc) is 2.05. The average molecular weight is 219 g/mol. The van der Waals surface area contributed by atoms with Crippen LogP contribution in [0.3, 0.4) is 0 Å². The summed E-state index contributed by atoms with van der Waals surface area (Å²) in [6, 6.07) is 0. The molecule has 15 heavy (non-hydrogen) atoms. The van der Waals surface area contributed by atoms with Crippen molar-refractivity contribution in [3.05, 3.63) is 12.2 Å². The smallest absolute Gasteiger partial charge is 0.404 e. The number of carbonyl (C=O) groups is 2. The Morgan fingerprint density at radius 2 is 1.60 bits per heavy atom. The lowest BCUT2D eigenvalue weighted by Gasteiger charge is -1.89. The summed E-state index contributed by atoms with van der Waals surface area (Å²) in [5.74, 6) is -0.935. The SMILES string of the molecule is C=C(C)C(=O)O.CCC.CCOC(N)=O. The van der Waals surface area contributed by atoms with Gasteiger partial charge in [0.1, 0.15) is 0 Å². The van der Waals surface area contributed by atoms with Crippen molar-refractivity contribution < 1.29 is 19.4 Å². The molecule has 0 aromatic carbocycles. The van der Waals surface area contributed by atoms with Crippen LogP contribution in [-0.2, 0) is 9.53 Å². The molecule has 3 N–H and O–H groups in total. The fraction of sp³-hybridized carbons (Fsp3) is 0.600. The van der Waals surface area contributed by atoms with Crippen molar-refractivity contribution in [3.8, 4) is 0 Å². The van der Waals surface area contributed by atoms with Gasteiger partial charge in [0, 0.05) is 5.57 Å². The Kier molecular flexibility index (Phi) is 19.1. The van der Waals surface area contributed by atoms with Crippen LogP contribution in [0.25, 0.3) is 0 Å². The molecule has 5 nitrogen and oxygen atoms in total. The van der Waals surface area contributed by atoms with Gasteiger partial charge >= 0.3 is 12.1 Å². The highest BCUT2D eigenvalue weighted by atomic mass is 16.5. The molecule has 0 rings (SSSR count). The minimum absolute atomic E-state index is 0.176. The van der Waals surface area contributed by atoms with Crippen LogP contribution in [0.2, 0.25) is 0 Å². The Morgan fingerprint density at radius 3 is 1.60 bits per heavy atom. The maximum absolute atomic E-state index is 9.60. The molecule has 0 aromatic heterocycles. The lowest BCUT2D eigenvalue weighted by Crippen LogP contribution is -2.11. The van der Waals surface area contributed by atoms with E-state index in [0.717, 1.165) is 0 Å². The molecule has 0 saturated carbocycles. The normalized spacial score (nSPS) is 7.20. The maximum atomic E-state index is 9.60. The standard InChI is InChI=1S/C4H6O2.C3H7NO2.C3H8/c1-3(2)4(5)6;1-2-6-3(4)5;1-3-2/h1H2,2H3,(H,5,6);2H2,1H3,(H2,4,5);3H2,1-2H3. The van der Waals surface area contributed by atoms with Gasteiger partial charge in [-0.05, 0) is 13.8 Å². The molecule has 1 amide bonds. The van der Waals surface area contributed by atoms with Crippen molar-refractivity contribution in [2.24, 2.45) is 5.73 Å². The molecule has 0 bridgehead atoms. The van der Waals surface area contributed by atoms with Gasteiger partial charge in [0.05, 0.1) is 6.61 Å². The Hall–Kier alpha value is -1.52. The third kappa shape index (κ3) is 45.6. The first-order chi connectivity index (χ1) is 6.83. The lowest BCUT2D eigenvalue weighted by atomic mass is 10.4. The number of carbonyl (C=O) groups excluding carboxylic acids is 1. The first-order valence-corrected chi connectivity index (χ1v) is 4.64. The van der Waals surface area contributed by atoms with Crippen molar-refractivity contribution >= 4 is 12.1 Å². The van der Waals surface area contributed by atoms with Crippen LogP contribution in [0, 0.1) is 0 Å². The van der Waals surface area contributed by atoms with Crippen molar-refractivity contribution in [2.75, 3.05) is 6.61 Å². The number of aliphatic carboxylic acids is 1. The quantitative estimate of drug-likeness (QED) is 0.696. The third-order valence-electron chi connectivity index (χ3n) is 0.652. The van der Waals surface area contributed by atoms with E-state index in [9.17, 15) is 9.59 Å². The van der Waals surface area contributed by atoms with Gasteiger partial charge in [-0.2, -0.15) is 0 Å². The maximum Gasteiger partial charge on any atom is 0.404 e. The van der Waals surface area contributed by atoms with Crippen LogP contribution >= 0.6 is 0 Å². The van der Waals surface area contributed by atoms with E-state index in [1.54, 1.807) is 6.92 Å². The number of carboxylic acids is 1. The van der Waals surface area contributed by atoms with E-state index < -0.39 is 12.1 Å². The van der Waals surface area contributed by atoms with E-state index in [2.05, 4.69) is 30.9 Å². The summed E-state index contributed by atoms with van der Waals surface area (Å²) in [6.07, 6.45) is 0.539. The van der Waals surface area contributed by atoms with E-state index in [0.29, 0.717) is 6.61 Å². The van der Waals surface area contributed by atoms with Crippen LogP contribution in [-0.4, -0.2) is 23.8 Å². The molecule has 0 aliphatic rings. The Balaban J connectivity index is -0.000000153. The largest absolute Gasteiger partial charge is 0.478 e. The zero-order valence-electron chi connectivity index (χ0n) is 9.87. The van der Waals surface area contributed by atoms with Crippen molar-refractivity contribution in [1.82, 2.24) is 0 Å². The van der Waals surface area contributed by atoms with Crippen LogP contribution in [0.4, 0.5) is 4.79 Å². The molecule has 0 fully saturated rings. The second-order valence-corrected chi connectivity index (χ2v) is 2.54. The summed E-state index contributed by atoms with van der Waals surface area (Å²) in [5.41, 5.74) is 4.72. The number of nitrogens with two attached hydrogens (primary N) is 1. The van der Waals surface area contributed by atoms with Gasteiger partial charge in [-0.1, -0.05) is 26.8 Å². The van der Waals surface area contributed by atoms with Gasteiger partial charge in [0.15, 0.2) is 0 Å². The highest BCUT2D eigenvalue weighted by molar-refractivity contribution is 5.84. The Labute approximate surface area is 90.9 Å². The number of rotatable bonds is 2. The summed E-state index contributed by atoms with van der Waals surface area (Å²) >= 11 is 0. The third-order valence-corrected chi connectivity index (χ3v) is 0.652. The van der Waals surface area contributed by atoms with E-state index in [-0.39, 0.29) is 5.57 Å². The van der Waals surface area contributed by atoms with Crippen LogP contribution in [0.1, 0.15) is 34.1 Å². The van der Waals surface area contributed by atoms with E-state index in [1.807, 2.05) is 0 Å². The minimum Gasteiger partial charge on any atom is -0.478 e. The fourth-order valence-corrected chi connectivity index (χ4v) is 0.142. The summed E-state index contributed by atoms with van der Waals surface area (Å²) in [4.78, 5) is 19.2. The molecule has 0 saturated heterocycles. The van der Waals surface area contributed by atoms with Crippen molar-refractivity contribution in [3.63, 3.8) is 0 Å². The molecule has 0 aliphatic heterocycles. The number of carboxylic acid groups (broad SMARTS) is 1. The van der Waals surface area contributed by atoms with Crippen molar-refractivity contribution in [1.29, 1.82) is 0 Å². The van der Waals surface area contributed by atoms with Gasteiger partial charge in [0.2, 0.25) is 0 Å². The summed E-state index contributed by atoms with van der Waals surface area (Å²) in [5, 5.41) is 7.89. The number of hydrogen-bond donors (Lipinski definition) is 2. The first-order valence-electron chi connectivity index (χ1n) is 4.64. The predicted octanol–water partition coefficient (Wildman–Crippen LogP) is 2.17. The van der Waals surface area contributed by atoms with Gasteiger partial charge in [-0.15, -0.1) is 0 Å². The number of primary amides is 1. The zero-order chi connectivity index (χ0) is 12.9. The molecule has 0 atom stereocenters. The minimum atomic E-state index is -0.935.